The van der Waals surface area contributed by atoms with Crippen LogP contribution in [0.5, 0.6) is 0 Å². The van der Waals surface area contributed by atoms with Crippen molar-refractivity contribution in [1.82, 2.24) is 4.90 Å². The molecule has 0 aromatic carbocycles. The number of likely N-dealkylation sites (tertiary alicyclic amines) is 1. The Kier molecular flexibility index (Phi) is 5.14. The molecule has 1 amide bonds. The Morgan fingerprint density at radius 2 is 2.11 bits per heavy atom. The van der Waals surface area contributed by atoms with E-state index in [1.54, 1.807) is 0 Å². The zero-order valence-corrected chi connectivity index (χ0v) is 11.4. The van der Waals surface area contributed by atoms with E-state index in [1.807, 2.05) is 20.8 Å². The zero-order valence-electron chi connectivity index (χ0n) is 11.4. The van der Waals surface area contributed by atoms with E-state index in [0.29, 0.717) is 18.9 Å². The van der Waals surface area contributed by atoms with Gasteiger partial charge in [-0.15, -0.1) is 0 Å². The first-order valence-corrected chi connectivity index (χ1v) is 6.67. The third-order valence-electron chi connectivity index (χ3n) is 3.97. The topological polar surface area (TPSA) is 83.6 Å². The first-order valence-electron chi connectivity index (χ1n) is 6.67. The van der Waals surface area contributed by atoms with Crippen molar-refractivity contribution in [2.75, 3.05) is 6.54 Å². The van der Waals surface area contributed by atoms with Gasteiger partial charge in [0.25, 0.3) is 0 Å². The van der Waals surface area contributed by atoms with Crippen molar-refractivity contribution < 1.29 is 14.7 Å². The van der Waals surface area contributed by atoms with Crippen molar-refractivity contribution in [3.63, 3.8) is 0 Å². The molecule has 18 heavy (non-hydrogen) atoms. The van der Waals surface area contributed by atoms with Crippen LogP contribution in [0, 0.1) is 11.8 Å². The van der Waals surface area contributed by atoms with Crippen LogP contribution >= 0.6 is 0 Å². The molecule has 1 heterocycles. The third-order valence-corrected chi connectivity index (χ3v) is 3.97. The van der Waals surface area contributed by atoms with Gasteiger partial charge in [0.15, 0.2) is 0 Å². The van der Waals surface area contributed by atoms with E-state index in [0.717, 1.165) is 12.8 Å². The van der Waals surface area contributed by atoms with Crippen LogP contribution in [0.25, 0.3) is 0 Å². The molecule has 104 valence electrons. The predicted molar refractivity (Wildman–Crippen MR) is 69.0 cm³/mol. The van der Waals surface area contributed by atoms with Crippen molar-refractivity contribution in [2.45, 2.75) is 52.1 Å². The molecule has 0 saturated carbocycles. The molecule has 0 spiro atoms. The molecule has 5 nitrogen and oxygen atoms in total. The van der Waals surface area contributed by atoms with E-state index < -0.39 is 18.1 Å². The second-order valence-electron chi connectivity index (χ2n) is 5.43. The van der Waals surface area contributed by atoms with Crippen molar-refractivity contribution >= 4 is 11.9 Å². The van der Waals surface area contributed by atoms with Crippen LogP contribution in [-0.4, -0.2) is 40.5 Å². The summed E-state index contributed by atoms with van der Waals surface area (Å²) < 4.78 is 0. The summed E-state index contributed by atoms with van der Waals surface area (Å²) in [5.74, 6) is -0.726. The highest BCUT2D eigenvalue weighted by Crippen LogP contribution is 2.24. The van der Waals surface area contributed by atoms with Gasteiger partial charge in [0, 0.05) is 6.54 Å². The van der Waals surface area contributed by atoms with Gasteiger partial charge in [-0.1, -0.05) is 27.2 Å². The minimum Gasteiger partial charge on any atom is -0.480 e. The average molecular weight is 256 g/mol. The van der Waals surface area contributed by atoms with Gasteiger partial charge in [0.05, 0.1) is 6.04 Å². The summed E-state index contributed by atoms with van der Waals surface area (Å²) in [6.45, 7) is 6.42. The molecule has 5 heteroatoms. The van der Waals surface area contributed by atoms with E-state index in [-0.39, 0.29) is 11.8 Å². The number of aliphatic carboxylic acids is 1. The molecule has 0 bridgehead atoms. The molecular weight excluding hydrogens is 232 g/mol. The van der Waals surface area contributed by atoms with E-state index in [1.165, 1.54) is 4.90 Å². The SMILES string of the molecule is CC[C@H](C)[C@H](N)C(=O)N1CCC(C)CC1C(=O)O. The smallest absolute Gasteiger partial charge is 0.326 e. The van der Waals surface area contributed by atoms with Crippen molar-refractivity contribution in [3.8, 4) is 0 Å². The number of nitrogens with two attached hydrogens (primary N) is 1. The second-order valence-corrected chi connectivity index (χ2v) is 5.43. The average Bonchev–Trinajstić information content (AvgIpc) is 2.35. The molecule has 0 aromatic rings. The zero-order chi connectivity index (χ0) is 13.9. The normalized spacial score (nSPS) is 27.7. The van der Waals surface area contributed by atoms with Gasteiger partial charge in [-0.3, -0.25) is 4.79 Å². The Bertz CT molecular complexity index is 319. The highest BCUT2D eigenvalue weighted by atomic mass is 16.4. The van der Waals surface area contributed by atoms with Crippen molar-refractivity contribution in [2.24, 2.45) is 17.6 Å². The molecule has 0 aromatic heterocycles. The summed E-state index contributed by atoms with van der Waals surface area (Å²) in [7, 11) is 0. The molecular formula is C13H24N2O3. The minimum absolute atomic E-state index is 0.0753. The molecule has 1 rings (SSSR count). The monoisotopic (exact) mass is 256 g/mol. The standard InChI is InChI=1S/C13H24N2O3/c1-4-9(3)11(14)12(16)15-6-5-8(2)7-10(15)13(17)18/h8-11H,4-7,14H2,1-3H3,(H,17,18)/t8?,9-,10?,11-/m0/s1. The Balaban J connectivity index is 2.79. The number of hydrogen-bond donors (Lipinski definition) is 2. The molecule has 0 aliphatic carbocycles. The number of nitrogens with zero attached hydrogens (tertiary/aromatic N) is 1. The summed E-state index contributed by atoms with van der Waals surface area (Å²) >= 11 is 0. The van der Waals surface area contributed by atoms with Crippen LogP contribution in [-0.2, 0) is 9.59 Å². The number of carbonyl (C=O) groups excluding carboxylic acids is 1. The Hall–Kier alpha value is -1.10. The minimum atomic E-state index is -0.925. The lowest BCUT2D eigenvalue weighted by Gasteiger charge is -2.38. The highest BCUT2D eigenvalue weighted by Gasteiger charge is 2.37. The maximum absolute atomic E-state index is 12.3. The lowest BCUT2D eigenvalue weighted by atomic mass is 9.90. The van der Waals surface area contributed by atoms with Gasteiger partial charge >= 0.3 is 5.97 Å². The molecule has 1 saturated heterocycles. The molecule has 3 N–H and O–H groups in total. The fourth-order valence-electron chi connectivity index (χ4n) is 2.33. The summed E-state index contributed by atoms with van der Waals surface area (Å²) in [6.07, 6.45) is 2.19. The van der Waals surface area contributed by atoms with Gasteiger partial charge in [0.1, 0.15) is 6.04 Å². The van der Waals surface area contributed by atoms with Gasteiger partial charge in [0.2, 0.25) is 5.91 Å². The fraction of sp³-hybridized carbons (Fsp3) is 0.846. The quantitative estimate of drug-likeness (QED) is 0.788. The van der Waals surface area contributed by atoms with Crippen LogP contribution in [0.4, 0.5) is 0 Å². The maximum atomic E-state index is 12.3. The fourth-order valence-corrected chi connectivity index (χ4v) is 2.33. The highest BCUT2D eigenvalue weighted by molar-refractivity contribution is 5.87. The number of piperidine rings is 1. The number of hydrogen-bond acceptors (Lipinski definition) is 3. The van der Waals surface area contributed by atoms with Crippen LogP contribution < -0.4 is 5.73 Å². The van der Waals surface area contributed by atoms with E-state index in [2.05, 4.69) is 0 Å². The summed E-state index contributed by atoms with van der Waals surface area (Å²) in [6, 6.07) is -1.30. The van der Waals surface area contributed by atoms with E-state index >= 15 is 0 Å². The number of carbonyl (C=O) groups is 2. The molecule has 1 fully saturated rings. The van der Waals surface area contributed by atoms with Crippen molar-refractivity contribution in [3.05, 3.63) is 0 Å². The molecule has 1 aliphatic rings. The van der Waals surface area contributed by atoms with Gasteiger partial charge < -0.3 is 15.7 Å². The van der Waals surface area contributed by atoms with Crippen LogP contribution in [0.3, 0.4) is 0 Å². The van der Waals surface area contributed by atoms with E-state index in [9.17, 15) is 14.7 Å². The van der Waals surface area contributed by atoms with E-state index in [4.69, 9.17) is 5.73 Å². The van der Waals surface area contributed by atoms with Crippen LogP contribution in [0.1, 0.15) is 40.0 Å². The van der Waals surface area contributed by atoms with Crippen LogP contribution in [0.15, 0.2) is 0 Å². The van der Waals surface area contributed by atoms with Gasteiger partial charge in [-0.25, -0.2) is 4.79 Å². The summed E-state index contributed by atoms with van der Waals surface area (Å²) in [4.78, 5) is 25.0. The lowest BCUT2D eigenvalue weighted by Crippen LogP contribution is -2.56. The molecule has 0 radical (unpaired) electrons. The largest absolute Gasteiger partial charge is 0.480 e. The number of carboxylic acid groups (broad SMARTS) is 1. The molecule has 2 unspecified atom stereocenters. The maximum Gasteiger partial charge on any atom is 0.326 e. The van der Waals surface area contributed by atoms with Crippen molar-refractivity contribution in [1.29, 1.82) is 0 Å². The first kappa shape index (κ1) is 15.0. The Morgan fingerprint density at radius 1 is 1.50 bits per heavy atom. The lowest BCUT2D eigenvalue weighted by molar-refractivity contribution is -0.154. The molecule has 1 aliphatic heterocycles. The third kappa shape index (κ3) is 3.22. The summed E-state index contributed by atoms with van der Waals surface area (Å²) in [5, 5.41) is 9.22. The predicted octanol–water partition coefficient (Wildman–Crippen LogP) is 1.07. The second kappa shape index (κ2) is 6.18. The Morgan fingerprint density at radius 3 is 2.61 bits per heavy atom. The summed E-state index contributed by atoms with van der Waals surface area (Å²) in [5.41, 5.74) is 5.91. The number of carboxylic acids is 1. The van der Waals surface area contributed by atoms with Crippen LogP contribution in [0.2, 0.25) is 0 Å². The first-order chi connectivity index (χ1) is 8.38. The molecule has 4 atom stereocenters. The Labute approximate surface area is 108 Å². The van der Waals surface area contributed by atoms with Gasteiger partial charge in [-0.05, 0) is 24.7 Å². The van der Waals surface area contributed by atoms with Gasteiger partial charge in [-0.2, -0.15) is 0 Å². The number of amides is 1. The number of rotatable bonds is 4.